The maximum atomic E-state index is 12.3. The molecule has 0 fully saturated rings. The van der Waals surface area contributed by atoms with Crippen molar-refractivity contribution in [2.75, 3.05) is 20.2 Å². The summed E-state index contributed by atoms with van der Waals surface area (Å²) in [4.78, 5) is 20.9. The van der Waals surface area contributed by atoms with Crippen LogP contribution in [0.25, 0.3) is 0 Å². The summed E-state index contributed by atoms with van der Waals surface area (Å²) < 4.78 is 29.9. The van der Waals surface area contributed by atoms with E-state index in [2.05, 4.69) is 4.74 Å². The van der Waals surface area contributed by atoms with Crippen LogP contribution in [0.1, 0.15) is 6.92 Å². The minimum atomic E-state index is -4.14. The lowest BCUT2D eigenvalue weighted by atomic mass is 10.3. The van der Waals surface area contributed by atoms with Crippen molar-refractivity contribution in [2.45, 2.75) is 11.8 Å². The van der Waals surface area contributed by atoms with E-state index in [1.54, 1.807) is 6.92 Å². The molecule has 116 valence electrons. The second kappa shape index (κ2) is 6.83. The topological polar surface area (TPSA) is 107 Å². The molecule has 0 bridgehead atoms. The maximum absolute atomic E-state index is 12.3. The number of benzene rings is 1. The van der Waals surface area contributed by atoms with Crippen molar-refractivity contribution < 1.29 is 22.9 Å². The van der Waals surface area contributed by atoms with E-state index in [0.717, 1.165) is 29.6 Å². The molecule has 0 atom stereocenters. The first-order valence-electron chi connectivity index (χ1n) is 5.76. The van der Waals surface area contributed by atoms with Gasteiger partial charge in [-0.05, 0) is 13.0 Å². The number of esters is 1. The lowest BCUT2D eigenvalue weighted by molar-refractivity contribution is -0.385. The maximum Gasteiger partial charge on any atom is 0.321 e. The van der Waals surface area contributed by atoms with Crippen LogP contribution in [-0.4, -0.2) is 43.8 Å². The number of hydrogen-bond acceptors (Lipinski definition) is 6. The van der Waals surface area contributed by atoms with Crippen LogP contribution in [0.5, 0.6) is 0 Å². The summed E-state index contributed by atoms with van der Waals surface area (Å²) in [5.74, 6) is -0.731. The first-order chi connectivity index (χ1) is 9.70. The molecule has 0 aromatic heterocycles. The van der Waals surface area contributed by atoms with E-state index >= 15 is 0 Å². The molecule has 0 spiro atoms. The average molecular weight is 337 g/mol. The van der Waals surface area contributed by atoms with Gasteiger partial charge >= 0.3 is 5.97 Å². The molecule has 0 aliphatic rings. The van der Waals surface area contributed by atoms with Gasteiger partial charge in [0.05, 0.1) is 16.6 Å². The van der Waals surface area contributed by atoms with E-state index in [1.165, 1.54) is 0 Å². The predicted molar refractivity (Wildman–Crippen MR) is 74.6 cm³/mol. The molecule has 1 aromatic rings. The van der Waals surface area contributed by atoms with Gasteiger partial charge in [0.25, 0.3) is 5.69 Å². The first-order valence-corrected chi connectivity index (χ1v) is 7.57. The molecule has 0 unspecified atom stereocenters. The van der Waals surface area contributed by atoms with Crippen LogP contribution in [0.3, 0.4) is 0 Å². The highest BCUT2D eigenvalue weighted by Gasteiger charge is 2.27. The van der Waals surface area contributed by atoms with Crippen molar-refractivity contribution in [3.05, 3.63) is 33.3 Å². The minimum absolute atomic E-state index is 0.115. The van der Waals surface area contributed by atoms with E-state index in [-0.39, 0.29) is 11.6 Å². The van der Waals surface area contributed by atoms with Crippen LogP contribution < -0.4 is 0 Å². The third kappa shape index (κ3) is 4.13. The highest BCUT2D eigenvalue weighted by Crippen LogP contribution is 2.28. The molecule has 0 saturated heterocycles. The fraction of sp³-hybridized carbons (Fsp3) is 0.364. The molecule has 0 aliphatic heterocycles. The Morgan fingerprint density at radius 2 is 2.10 bits per heavy atom. The minimum Gasteiger partial charge on any atom is -0.465 e. The fourth-order valence-electron chi connectivity index (χ4n) is 1.44. The van der Waals surface area contributed by atoms with Crippen molar-refractivity contribution in [2.24, 2.45) is 0 Å². The second-order valence-electron chi connectivity index (χ2n) is 3.94. The number of halogens is 1. The van der Waals surface area contributed by atoms with Crippen molar-refractivity contribution in [1.29, 1.82) is 0 Å². The molecule has 0 saturated carbocycles. The van der Waals surface area contributed by atoms with Crippen LogP contribution in [-0.2, 0) is 19.6 Å². The number of carbonyl (C=O) groups excluding carboxylic acids is 1. The van der Waals surface area contributed by atoms with Gasteiger partial charge in [-0.2, -0.15) is 4.31 Å². The van der Waals surface area contributed by atoms with E-state index in [0.29, 0.717) is 0 Å². The number of carbonyl (C=O) groups is 1. The summed E-state index contributed by atoms with van der Waals surface area (Å²) in [5.41, 5.74) is -0.414. The van der Waals surface area contributed by atoms with Gasteiger partial charge in [0.1, 0.15) is 11.4 Å². The van der Waals surface area contributed by atoms with Crippen molar-refractivity contribution in [1.82, 2.24) is 4.31 Å². The molecule has 21 heavy (non-hydrogen) atoms. The van der Waals surface area contributed by atoms with Crippen molar-refractivity contribution in [3.63, 3.8) is 0 Å². The van der Waals surface area contributed by atoms with E-state index in [9.17, 15) is 23.3 Å². The van der Waals surface area contributed by atoms with Crippen molar-refractivity contribution >= 4 is 33.3 Å². The largest absolute Gasteiger partial charge is 0.465 e. The normalized spacial score (nSPS) is 11.4. The molecule has 0 aliphatic carbocycles. The van der Waals surface area contributed by atoms with Crippen LogP contribution in [0.2, 0.25) is 5.02 Å². The van der Waals surface area contributed by atoms with E-state index < -0.39 is 38.0 Å². The Hall–Kier alpha value is -1.71. The molecule has 0 amide bonds. The molecule has 0 N–H and O–H groups in total. The number of sulfonamides is 1. The van der Waals surface area contributed by atoms with Gasteiger partial charge in [0.15, 0.2) is 0 Å². The highest BCUT2D eigenvalue weighted by molar-refractivity contribution is 7.89. The van der Waals surface area contributed by atoms with Crippen molar-refractivity contribution in [3.8, 4) is 0 Å². The molecule has 10 heteroatoms. The lowest BCUT2D eigenvalue weighted by Crippen LogP contribution is -2.33. The smallest absolute Gasteiger partial charge is 0.321 e. The lowest BCUT2D eigenvalue weighted by Gasteiger charge is -2.16. The molecule has 0 heterocycles. The number of rotatable bonds is 6. The summed E-state index contributed by atoms with van der Waals surface area (Å²) in [6.45, 7) is 1.18. The number of likely N-dealkylation sites (N-methyl/N-ethyl adjacent to an activating group) is 1. The molecular weight excluding hydrogens is 324 g/mol. The van der Waals surface area contributed by atoms with Gasteiger partial charge in [0, 0.05) is 19.2 Å². The van der Waals surface area contributed by atoms with Gasteiger partial charge in [-0.1, -0.05) is 11.6 Å². The number of hydrogen-bond donors (Lipinski definition) is 0. The van der Waals surface area contributed by atoms with Crippen LogP contribution in [0, 0.1) is 10.1 Å². The molecule has 1 aromatic carbocycles. The Morgan fingerprint density at radius 1 is 1.48 bits per heavy atom. The van der Waals surface area contributed by atoms with Gasteiger partial charge < -0.3 is 4.74 Å². The number of nitrogens with zero attached hydrogens (tertiary/aromatic N) is 2. The molecule has 0 radical (unpaired) electrons. The quantitative estimate of drug-likeness (QED) is 0.442. The van der Waals surface area contributed by atoms with Crippen LogP contribution in [0.4, 0.5) is 5.69 Å². The molecule has 8 nitrogen and oxygen atoms in total. The number of non-ortho nitro benzene ring substituents is 1. The van der Waals surface area contributed by atoms with E-state index in [1.807, 2.05) is 0 Å². The van der Waals surface area contributed by atoms with Gasteiger partial charge in [-0.15, -0.1) is 0 Å². The monoisotopic (exact) mass is 336 g/mol. The number of nitro benzene ring substituents is 1. The molecular formula is C11H13ClN2O6S. The average Bonchev–Trinajstić information content (AvgIpc) is 2.38. The Kier molecular flexibility index (Phi) is 5.64. The summed E-state index contributed by atoms with van der Waals surface area (Å²) in [5, 5.41) is 10.5. The SMILES string of the molecule is CCOC(=O)CN(C)S(=O)(=O)c1cc([N+](=O)[O-])ccc1Cl. The van der Waals surface area contributed by atoms with Gasteiger partial charge in [0.2, 0.25) is 10.0 Å². The fourth-order valence-corrected chi connectivity index (χ4v) is 3.05. The Bertz CT molecular complexity index is 661. The Balaban J connectivity index is 3.15. The summed E-state index contributed by atoms with van der Waals surface area (Å²) in [6.07, 6.45) is 0. The van der Waals surface area contributed by atoms with Gasteiger partial charge in [-0.25, -0.2) is 8.42 Å². The first kappa shape index (κ1) is 17.3. The second-order valence-corrected chi connectivity index (χ2v) is 6.36. The zero-order valence-electron chi connectivity index (χ0n) is 11.3. The zero-order chi connectivity index (χ0) is 16.2. The Labute approximate surface area is 126 Å². The highest BCUT2D eigenvalue weighted by atomic mass is 35.5. The van der Waals surface area contributed by atoms with Crippen LogP contribution in [0.15, 0.2) is 23.1 Å². The van der Waals surface area contributed by atoms with Crippen LogP contribution >= 0.6 is 11.6 Å². The third-order valence-corrected chi connectivity index (χ3v) is 4.76. The zero-order valence-corrected chi connectivity index (χ0v) is 12.8. The summed E-state index contributed by atoms with van der Waals surface area (Å²) in [6, 6.07) is 3.05. The Morgan fingerprint density at radius 3 is 2.62 bits per heavy atom. The number of ether oxygens (including phenoxy) is 1. The van der Waals surface area contributed by atoms with Gasteiger partial charge in [-0.3, -0.25) is 14.9 Å². The third-order valence-electron chi connectivity index (χ3n) is 2.47. The summed E-state index contributed by atoms with van der Waals surface area (Å²) in [7, 11) is -2.99. The van der Waals surface area contributed by atoms with E-state index in [4.69, 9.17) is 11.6 Å². The predicted octanol–water partition coefficient (Wildman–Crippen LogP) is 1.43. The summed E-state index contributed by atoms with van der Waals surface area (Å²) >= 11 is 5.78. The molecule has 1 rings (SSSR count). The number of nitro groups is 1. The standard InChI is InChI=1S/C11H13ClN2O6S/c1-3-20-11(15)7-13(2)21(18,19)10-6-8(14(16)17)4-5-9(10)12/h4-6H,3,7H2,1-2H3.